The molecular weight excluding hydrogens is 344 g/mol. The molecule has 1 N–H and O–H groups in total. The largest absolute Gasteiger partial charge is 0.386 e. The van der Waals surface area contributed by atoms with Gasteiger partial charge in [0.05, 0.1) is 5.60 Å². The average molecular weight is 381 g/mol. The molecule has 3 rings (SSSR count). The SMILES string of the molecule is CC(C)CCN1CCN(Cc2ccc(-c3ccc(C(C)(C)O)cc3)cc2)CC1. The van der Waals surface area contributed by atoms with E-state index in [0.29, 0.717) is 0 Å². The summed E-state index contributed by atoms with van der Waals surface area (Å²) in [5, 5.41) is 10.1. The molecule has 0 bridgehead atoms. The van der Waals surface area contributed by atoms with Gasteiger partial charge in [-0.15, -0.1) is 0 Å². The van der Waals surface area contributed by atoms with Gasteiger partial charge in [0.15, 0.2) is 0 Å². The number of aliphatic hydroxyl groups is 1. The van der Waals surface area contributed by atoms with E-state index in [1.165, 1.54) is 42.7 Å². The summed E-state index contributed by atoms with van der Waals surface area (Å²) >= 11 is 0. The molecule has 0 atom stereocenters. The first-order chi connectivity index (χ1) is 13.3. The van der Waals surface area contributed by atoms with Crippen molar-refractivity contribution >= 4 is 0 Å². The van der Waals surface area contributed by atoms with E-state index in [4.69, 9.17) is 0 Å². The Balaban J connectivity index is 1.52. The molecule has 1 heterocycles. The Bertz CT molecular complexity index is 721. The van der Waals surface area contributed by atoms with Gasteiger partial charge in [-0.3, -0.25) is 4.90 Å². The number of hydrogen-bond donors (Lipinski definition) is 1. The topological polar surface area (TPSA) is 26.7 Å². The first-order valence-corrected chi connectivity index (χ1v) is 10.7. The highest BCUT2D eigenvalue weighted by Gasteiger charge is 2.17. The van der Waals surface area contributed by atoms with Crippen LogP contribution in [-0.2, 0) is 12.1 Å². The second-order valence-electron chi connectivity index (χ2n) is 9.13. The second kappa shape index (κ2) is 9.21. The first kappa shape index (κ1) is 21.0. The van der Waals surface area contributed by atoms with Crippen molar-refractivity contribution in [2.75, 3.05) is 32.7 Å². The van der Waals surface area contributed by atoms with E-state index >= 15 is 0 Å². The van der Waals surface area contributed by atoms with Gasteiger partial charge in [-0.2, -0.15) is 0 Å². The third-order valence-electron chi connectivity index (χ3n) is 5.77. The van der Waals surface area contributed by atoms with E-state index in [2.05, 4.69) is 60.0 Å². The number of hydrogen-bond acceptors (Lipinski definition) is 3. The average Bonchev–Trinajstić information content (AvgIpc) is 2.67. The van der Waals surface area contributed by atoms with Crippen LogP contribution in [0.25, 0.3) is 11.1 Å². The number of nitrogens with zero attached hydrogens (tertiary/aromatic N) is 2. The van der Waals surface area contributed by atoms with Gasteiger partial charge >= 0.3 is 0 Å². The normalized spacial score (nSPS) is 16.6. The molecule has 1 aliphatic rings. The zero-order valence-electron chi connectivity index (χ0n) is 18.0. The van der Waals surface area contributed by atoms with E-state index < -0.39 is 5.60 Å². The fraction of sp³-hybridized carbons (Fsp3) is 0.520. The molecule has 0 spiro atoms. The van der Waals surface area contributed by atoms with E-state index in [0.717, 1.165) is 31.1 Å². The van der Waals surface area contributed by atoms with Gasteiger partial charge in [0.1, 0.15) is 0 Å². The highest BCUT2D eigenvalue weighted by atomic mass is 16.3. The minimum absolute atomic E-state index is 0.790. The van der Waals surface area contributed by atoms with Crippen LogP contribution in [0.2, 0.25) is 0 Å². The van der Waals surface area contributed by atoms with Crippen molar-refractivity contribution in [2.45, 2.75) is 46.3 Å². The molecule has 2 aromatic carbocycles. The highest BCUT2D eigenvalue weighted by molar-refractivity contribution is 5.64. The third kappa shape index (κ3) is 5.91. The quantitative estimate of drug-likeness (QED) is 0.751. The minimum Gasteiger partial charge on any atom is -0.386 e. The van der Waals surface area contributed by atoms with Crippen molar-refractivity contribution in [3.05, 3.63) is 59.7 Å². The number of benzene rings is 2. The van der Waals surface area contributed by atoms with E-state index in [-0.39, 0.29) is 0 Å². The number of piperazine rings is 1. The van der Waals surface area contributed by atoms with Crippen LogP contribution in [0.5, 0.6) is 0 Å². The number of rotatable bonds is 7. The molecule has 1 fully saturated rings. The molecule has 0 unspecified atom stereocenters. The standard InChI is InChI=1S/C25H36N2O/c1-20(2)13-14-26-15-17-27(18-16-26)19-21-5-7-22(8-6-21)23-9-11-24(12-10-23)25(3,4)28/h5-12,20,28H,13-19H2,1-4H3. The maximum Gasteiger partial charge on any atom is 0.0840 e. The summed E-state index contributed by atoms with van der Waals surface area (Å²) in [6.45, 7) is 15.3. The lowest BCUT2D eigenvalue weighted by atomic mass is 9.95. The monoisotopic (exact) mass is 380 g/mol. The maximum atomic E-state index is 10.1. The maximum absolute atomic E-state index is 10.1. The summed E-state index contributed by atoms with van der Waals surface area (Å²) in [5.74, 6) is 0.794. The van der Waals surface area contributed by atoms with Gasteiger partial charge in [0.2, 0.25) is 0 Å². The van der Waals surface area contributed by atoms with Gasteiger partial charge in [0, 0.05) is 32.7 Å². The molecule has 2 aromatic rings. The summed E-state index contributed by atoms with van der Waals surface area (Å²) in [4.78, 5) is 5.18. The summed E-state index contributed by atoms with van der Waals surface area (Å²) < 4.78 is 0. The highest BCUT2D eigenvalue weighted by Crippen LogP contribution is 2.25. The second-order valence-corrected chi connectivity index (χ2v) is 9.13. The molecule has 3 heteroatoms. The minimum atomic E-state index is -0.790. The predicted molar refractivity (Wildman–Crippen MR) is 118 cm³/mol. The van der Waals surface area contributed by atoms with Crippen LogP contribution >= 0.6 is 0 Å². The van der Waals surface area contributed by atoms with Crippen molar-refractivity contribution in [1.82, 2.24) is 9.80 Å². The molecule has 0 aliphatic carbocycles. The molecule has 28 heavy (non-hydrogen) atoms. The molecule has 0 radical (unpaired) electrons. The zero-order chi connectivity index (χ0) is 20.1. The Morgan fingerprint density at radius 1 is 0.821 bits per heavy atom. The Morgan fingerprint density at radius 3 is 1.82 bits per heavy atom. The van der Waals surface area contributed by atoms with Gasteiger partial charge in [0.25, 0.3) is 0 Å². The summed E-state index contributed by atoms with van der Waals surface area (Å²) in [6.07, 6.45) is 1.30. The molecule has 0 saturated carbocycles. The summed E-state index contributed by atoms with van der Waals surface area (Å²) in [6, 6.07) is 17.2. The van der Waals surface area contributed by atoms with E-state index in [1.54, 1.807) is 0 Å². The molecule has 3 nitrogen and oxygen atoms in total. The molecule has 1 aliphatic heterocycles. The van der Waals surface area contributed by atoms with E-state index in [1.807, 2.05) is 26.0 Å². The van der Waals surface area contributed by atoms with Crippen LogP contribution in [0.15, 0.2) is 48.5 Å². The van der Waals surface area contributed by atoms with Crippen LogP contribution < -0.4 is 0 Å². The first-order valence-electron chi connectivity index (χ1n) is 10.7. The van der Waals surface area contributed by atoms with Crippen LogP contribution in [0, 0.1) is 5.92 Å². The summed E-state index contributed by atoms with van der Waals surface area (Å²) in [5.41, 5.74) is 3.96. The molecule has 1 saturated heterocycles. The summed E-state index contributed by atoms with van der Waals surface area (Å²) in [7, 11) is 0. The Morgan fingerprint density at radius 2 is 1.32 bits per heavy atom. The van der Waals surface area contributed by atoms with Crippen LogP contribution in [0.3, 0.4) is 0 Å². The van der Waals surface area contributed by atoms with Crippen LogP contribution in [0.4, 0.5) is 0 Å². The Kier molecular flexibility index (Phi) is 6.92. The lowest BCUT2D eigenvalue weighted by Gasteiger charge is -2.35. The lowest BCUT2D eigenvalue weighted by Crippen LogP contribution is -2.46. The van der Waals surface area contributed by atoms with Crippen LogP contribution in [-0.4, -0.2) is 47.6 Å². The Labute approximate surface area is 171 Å². The molecule has 0 amide bonds. The van der Waals surface area contributed by atoms with E-state index in [9.17, 15) is 5.11 Å². The smallest absolute Gasteiger partial charge is 0.0840 e. The van der Waals surface area contributed by atoms with Crippen molar-refractivity contribution < 1.29 is 5.11 Å². The van der Waals surface area contributed by atoms with Crippen molar-refractivity contribution in [3.8, 4) is 11.1 Å². The van der Waals surface area contributed by atoms with Gasteiger partial charge < -0.3 is 10.0 Å². The predicted octanol–water partition coefficient (Wildman–Crippen LogP) is 4.74. The third-order valence-corrected chi connectivity index (χ3v) is 5.77. The Hall–Kier alpha value is -1.68. The van der Waals surface area contributed by atoms with Crippen LogP contribution in [0.1, 0.15) is 45.2 Å². The molecule has 0 aromatic heterocycles. The molecular formula is C25H36N2O. The van der Waals surface area contributed by atoms with Gasteiger partial charge in [-0.1, -0.05) is 62.4 Å². The van der Waals surface area contributed by atoms with Crippen molar-refractivity contribution in [1.29, 1.82) is 0 Å². The molecule has 152 valence electrons. The fourth-order valence-corrected chi connectivity index (χ4v) is 3.74. The van der Waals surface area contributed by atoms with Gasteiger partial charge in [-0.05, 0) is 55.0 Å². The zero-order valence-corrected chi connectivity index (χ0v) is 18.0. The van der Waals surface area contributed by atoms with Crippen molar-refractivity contribution in [3.63, 3.8) is 0 Å². The van der Waals surface area contributed by atoms with Crippen molar-refractivity contribution in [2.24, 2.45) is 5.92 Å². The lowest BCUT2D eigenvalue weighted by molar-refractivity contribution is 0.0786. The fourth-order valence-electron chi connectivity index (χ4n) is 3.74. The van der Waals surface area contributed by atoms with Gasteiger partial charge in [-0.25, -0.2) is 0 Å².